The molecule has 0 fully saturated rings. The Labute approximate surface area is 148 Å². The van der Waals surface area contributed by atoms with Gasteiger partial charge in [-0.3, -0.25) is 9.36 Å². The van der Waals surface area contributed by atoms with E-state index in [1.54, 1.807) is 0 Å². The van der Waals surface area contributed by atoms with Gasteiger partial charge < -0.3 is 10.3 Å². The second kappa shape index (κ2) is 6.49. The number of H-pyrrole nitrogens is 1. The molecule has 0 atom stereocenters. The molecule has 2 N–H and O–H groups in total. The van der Waals surface area contributed by atoms with Gasteiger partial charge in [-0.25, -0.2) is 9.18 Å². The number of rotatable bonds is 3. The number of nitrogens with one attached hydrogen (secondary N) is 2. The van der Waals surface area contributed by atoms with Crippen molar-refractivity contribution in [3.63, 3.8) is 0 Å². The number of carbonyl (C=O) groups is 1. The van der Waals surface area contributed by atoms with Gasteiger partial charge in [-0.05, 0) is 36.4 Å². The largest absolute Gasteiger partial charge is 0.418 e. The lowest BCUT2D eigenvalue weighted by Crippen LogP contribution is -2.26. The van der Waals surface area contributed by atoms with Gasteiger partial charge in [-0.15, -0.1) is 0 Å². The first-order valence-electron chi connectivity index (χ1n) is 7.20. The molecule has 0 saturated carbocycles. The Morgan fingerprint density at radius 1 is 1.19 bits per heavy atom. The first-order chi connectivity index (χ1) is 12.1. The molecule has 1 aromatic heterocycles. The Kier molecular flexibility index (Phi) is 4.49. The quantitative estimate of drug-likeness (QED) is 0.672. The Morgan fingerprint density at radius 3 is 2.62 bits per heavy atom. The van der Waals surface area contributed by atoms with Gasteiger partial charge in [0.15, 0.2) is 0 Å². The van der Waals surface area contributed by atoms with Crippen molar-refractivity contribution in [3.8, 4) is 0 Å². The van der Waals surface area contributed by atoms with E-state index in [1.165, 1.54) is 12.1 Å². The van der Waals surface area contributed by atoms with E-state index in [2.05, 4.69) is 10.3 Å². The van der Waals surface area contributed by atoms with Crippen molar-refractivity contribution in [1.82, 2.24) is 9.55 Å². The van der Waals surface area contributed by atoms with Gasteiger partial charge in [0.25, 0.3) is 0 Å². The zero-order valence-electron chi connectivity index (χ0n) is 12.8. The second-order valence-corrected chi connectivity index (χ2v) is 5.85. The number of aromatic amines is 1. The molecule has 0 radical (unpaired) electrons. The lowest BCUT2D eigenvalue weighted by Gasteiger charge is -2.14. The van der Waals surface area contributed by atoms with E-state index in [4.69, 9.17) is 11.6 Å². The van der Waals surface area contributed by atoms with Crippen molar-refractivity contribution >= 4 is 34.2 Å². The van der Waals surface area contributed by atoms with Crippen molar-refractivity contribution in [2.24, 2.45) is 0 Å². The zero-order valence-corrected chi connectivity index (χ0v) is 13.6. The van der Waals surface area contributed by atoms with Gasteiger partial charge in [0, 0.05) is 5.02 Å². The van der Waals surface area contributed by atoms with Gasteiger partial charge in [-0.1, -0.05) is 11.6 Å². The maximum absolute atomic E-state index is 13.2. The number of halogens is 5. The van der Waals surface area contributed by atoms with Gasteiger partial charge in [0.1, 0.15) is 12.4 Å². The molecule has 0 spiro atoms. The first kappa shape index (κ1) is 18.0. The summed E-state index contributed by atoms with van der Waals surface area (Å²) in [6.45, 7) is -0.551. The molecule has 0 unspecified atom stereocenters. The summed E-state index contributed by atoms with van der Waals surface area (Å²) >= 11 is 5.58. The van der Waals surface area contributed by atoms with E-state index < -0.39 is 41.4 Å². The highest BCUT2D eigenvalue weighted by Crippen LogP contribution is 2.36. The summed E-state index contributed by atoms with van der Waals surface area (Å²) in [5, 5.41) is 1.99. The number of carbonyl (C=O) groups excluding carboxylic acids is 1. The predicted molar refractivity (Wildman–Crippen MR) is 87.6 cm³/mol. The highest BCUT2D eigenvalue weighted by molar-refractivity contribution is 6.30. The van der Waals surface area contributed by atoms with Crippen LogP contribution in [0.25, 0.3) is 11.0 Å². The molecule has 3 rings (SSSR count). The van der Waals surface area contributed by atoms with E-state index in [1.807, 2.05) is 0 Å². The molecule has 3 aromatic rings. The molecule has 5 nitrogen and oxygen atoms in total. The second-order valence-electron chi connectivity index (χ2n) is 5.41. The van der Waals surface area contributed by atoms with E-state index in [9.17, 15) is 27.2 Å². The minimum atomic E-state index is -4.72. The standard InChI is InChI=1S/C16H10ClF4N3O2/c17-8-1-3-11(10(5-8)16(19,20)21)22-14(25)7-24-13-4-2-9(18)6-12(13)23-15(24)26/h1-6H,7H2,(H,22,25)(H,23,26). The fourth-order valence-corrected chi connectivity index (χ4v) is 2.66. The summed E-state index contributed by atoms with van der Waals surface area (Å²) in [4.78, 5) is 26.4. The smallest absolute Gasteiger partial charge is 0.324 e. The molecule has 0 aliphatic heterocycles. The summed E-state index contributed by atoms with van der Waals surface area (Å²) in [6.07, 6.45) is -4.72. The molecule has 1 heterocycles. The van der Waals surface area contributed by atoms with Gasteiger partial charge >= 0.3 is 11.9 Å². The molecule has 26 heavy (non-hydrogen) atoms. The molecular weight excluding hydrogens is 378 g/mol. The Morgan fingerprint density at radius 2 is 1.92 bits per heavy atom. The van der Waals surface area contributed by atoms with E-state index in [0.717, 1.165) is 22.8 Å². The SMILES string of the molecule is O=C(Cn1c(=O)[nH]c2cc(F)ccc21)Nc1ccc(Cl)cc1C(F)(F)F. The van der Waals surface area contributed by atoms with Crippen LogP contribution in [0.2, 0.25) is 5.02 Å². The van der Waals surface area contributed by atoms with Crippen LogP contribution in [0.15, 0.2) is 41.2 Å². The monoisotopic (exact) mass is 387 g/mol. The minimum Gasteiger partial charge on any atom is -0.324 e. The highest BCUT2D eigenvalue weighted by Gasteiger charge is 2.34. The van der Waals surface area contributed by atoms with E-state index in [-0.39, 0.29) is 16.1 Å². The fraction of sp³-hybridized carbons (Fsp3) is 0.125. The maximum Gasteiger partial charge on any atom is 0.418 e. The number of fused-ring (bicyclic) bond motifs is 1. The van der Waals surface area contributed by atoms with Crippen LogP contribution in [0, 0.1) is 5.82 Å². The molecule has 0 bridgehead atoms. The molecule has 2 aromatic carbocycles. The van der Waals surface area contributed by atoms with Crippen molar-refractivity contribution in [2.75, 3.05) is 5.32 Å². The van der Waals surface area contributed by atoms with Crippen LogP contribution < -0.4 is 11.0 Å². The number of aromatic nitrogens is 2. The number of amides is 1. The third-order valence-corrected chi connectivity index (χ3v) is 3.83. The lowest BCUT2D eigenvalue weighted by molar-refractivity contribution is -0.137. The van der Waals surface area contributed by atoms with Gasteiger partial charge in [0.05, 0.1) is 22.3 Å². The van der Waals surface area contributed by atoms with E-state index >= 15 is 0 Å². The number of alkyl halides is 3. The maximum atomic E-state index is 13.2. The van der Waals surface area contributed by atoms with Gasteiger partial charge in [0.2, 0.25) is 5.91 Å². The summed E-state index contributed by atoms with van der Waals surface area (Å²) in [7, 11) is 0. The fourth-order valence-electron chi connectivity index (χ4n) is 2.49. The van der Waals surface area contributed by atoms with Crippen LogP contribution in [0.3, 0.4) is 0 Å². The summed E-state index contributed by atoms with van der Waals surface area (Å²) in [5.74, 6) is -1.43. The van der Waals surface area contributed by atoms with Crippen LogP contribution in [0.5, 0.6) is 0 Å². The van der Waals surface area contributed by atoms with Crippen molar-refractivity contribution in [1.29, 1.82) is 0 Å². The first-order valence-corrected chi connectivity index (χ1v) is 7.57. The number of benzene rings is 2. The van der Waals surface area contributed by atoms with Crippen LogP contribution in [0.1, 0.15) is 5.56 Å². The normalized spacial score (nSPS) is 11.7. The number of nitrogens with zero attached hydrogens (tertiary/aromatic N) is 1. The molecule has 0 saturated heterocycles. The Balaban J connectivity index is 1.89. The van der Waals surface area contributed by atoms with Crippen LogP contribution >= 0.6 is 11.6 Å². The summed E-state index contributed by atoms with van der Waals surface area (Å²) in [5.41, 5.74) is -1.85. The van der Waals surface area contributed by atoms with Crippen molar-refractivity contribution < 1.29 is 22.4 Å². The zero-order chi connectivity index (χ0) is 19.1. The minimum absolute atomic E-state index is 0.134. The molecule has 136 valence electrons. The Bertz CT molecular complexity index is 1060. The van der Waals surface area contributed by atoms with Crippen molar-refractivity contribution in [3.05, 3.63) is 63.3 Å². The average Bonchev–Trinajstić information content (AvgIpc) is 2.83. The number of hydrogen-bond donors (Lipinski definition) is 2. The molecular formula is C16H10ClF4N3O2. The number of hydrogen-bond acceptors (Lipinski definition) is 2. The molecule has 10 heteroatoms. The third kappa shape index (κ3) is 3.57. The molecule has 1 amide bonds. The number of anilines is 1. The third-order valence-electron chi connectivity index (χ3n) is 3.60. The van der Waals surface area contributed by atoms with Crippen LogP contribution in [-0.4, -0.2) is 15.5 Å². The van der Waals surface area contributed by atoms with Crippen LogP contribution in [-0.2, 0) is 17.5 Å². The summed E-state index contributed by atoms with van der Waals surface area (Å²) < 4.78 is 53.4. The summed E-state index contributed by atoms with van der Waals surface area (Å²) in [6, 6.07) is 6.39. The Hall–Kier alpha value is -2.81. The average molecular weight is 388 g/mol. The number of imidazole rings is 1. The lowest BCUT2D eigenvalue weighted by atomic mass is 10.1. The predicted octanol–water partition coefficient (Wildman–Crippen LogP) is 3.78. The topological polar surface area (TPSA) is 66.9 Å². The highest BCUT2D eigenvalue weighted by atomic mass is 35.5. The molecule has 0 aliphatic rings. The molecule has 0 aliphatic carbocycles. The van der Waals surface area contributed by atoms with E-state index in [0.29, 0.717) is 6.07 Å². The van der Waals surface area contributed by atoms with Crippen LogP contribution in [0.4, 0.5) is 23.2 Å². The van der Waals surface area contributed by atoms with Crippen molar-refractivity contribution in [2.45, 2.75) is 12.7 Å². The van der Waals surface area contributed by atoms with Gasteiger partial charge in [-0.2, -0.15) is 13.2 Å².